The Morgan fingerprint density at radius 2 is 1.78 bits per heavy atom. The molecule has 1 aliphatic heterocycles. The zero-order valence-electron chi connectivity index (χ0n) is 20.2. The lowest BCUT2D eigenvalue weighted by Crippen LogP contribution is -2.26. The first-order valence-electron chi connectivity index (χ1n) is 12.1. The van der Waals surface area contributed by atoms with Gasteiger partial charge in [-0.3, -0.25) is 9.59 Å². The van der Waals surface area contributed by atoms with Crippen LogP contribution in [0.3, 0.4) is 0 Å². The van der Waals surface area contributed by atoms with Gasteiger partial charge >= 0.3 is 11.9 Å². The Kier molecular flexibility index (Phi) is 7.90. The highest BCUT2D eigenvalue weighted by molar-refractivity contribution is 5.97. The normalized spacial score (nSPS) is 12.7. The van der Waals surface area contributed by atoms with E-state index < -0.39 is 17.8 Å². The van der Waals surface area contributed by atoms with Gasteiger partial charge in [0.05, 0.1) is 18.7 Å². The highest BCUT2D eigenvalue weighted by atomic mass is 19.1. The van der Waals surface area contributed by atoms with Crippen molar-refractivity contribution in [2.75, 3.05) is 24.6 Å². The number of carbonyl (C=O) groups is 2. The molecule has 3 N–H and O–H groups in total. The van der Waals surface area contributed by atoms with Gasteiger partial charge in [0, 0.05) is 42.6 Å². The van der Waals surface area contributed by atoms with Crippen LogP contribution in [0.2, 0.25) is 0 Å². The summed E-state index contributed by atoms with van der Waals surface area (Å²) in [5, 5.41) is 32.3. The summed E-state index contributed by atoms with van der Waals surface area (Å²) < 4.78 is 21.6. The molecule has 10 nitrogen and oxygen atoms in total. The molecule has 0 spiro atoms. The molecule has 0 saturated heterocycles. The number of carboxylic acid groups (broad SMARTS) is 2. The summed E-state index contributed by atoms with van der Waals surface area (Å²) in [5.74, 6) is -2.06. The summed E-state index contributed by atoms with van der Waals surface area (Å²) in [5.41, 5.74) is 2.26. The Balaban J connectivity index is 1.70. The van der Waals surface area contributed by atoms with Gasteiger partial charge in [-0.25, -0.2) is 4.39 Å². The van der Waals surface area contributed by atoms with E-state index in [2.05, 4.69) is 5.18 Å². The molecule has 0 aliphatic carbocycles. The number of rotatable bonds is 12. The molecule has 3 aromatic rings. The molecule has 37 heavy (non-hydrogen) atoms. The number of nitrogens with zero attached hydrogens (tertiary/aromatic N) is 3. The lowest BCUT2D eigenvalue weighted by atomic mass is 10.0. The van der Waals surface area contributed by atoms with Gasteiger partial charge in [0.25, 0.3) is 0 Å². The minimum Gasteiger partial charge on any atom is -0.493 e. The molecule has 2 aromatic carbocycles. The lowest BCUT2D eigenvalue weighted by Gasteiger charge is -2.25. The number of anilines is 1. The minimum atomic E-state index is -0.932. The first-order valence-corrected chi connectivity index (χ1v) is 12.1. The number of ether oxygens (including phenoxy) is 1. The van der Waals surface area contributed by atoms with E-state index in [4.69, 9.17) is 14.9 Å². The summed E-state index contributed by atoms with van der Waals surface area (Å²) in [6.45, 7) is 1.29. The van der Waals surface area contributed by atoms with Crippen LogP contribution in [-0.4, -0.2) is 51.5 Å². The number of halogens is 1. The molecule has 0 radical (unpaired) electrons. The molecule has 0 unspecified atom stereocenters. The number of aliphatic carboxylic acids is 2. The lowest BCUT2D eigenvalue weighted by molar-refractivity contribution is -0.138. The average molecular weight is 514 g/mol. The maximum absolute atomic E-state index is 14.3. The second-order valence-corrected chi connectivity index (χ2v) is 9.04. The third kappa shape index (κ3) is 5.82. The summed E-state index contributed by atoms with van der Waals surface area (Å²) in [4.78, 5) is 35.5. The summed E-state index contributed by atoms with van der Waals surface area (Å²) >= 11 is 0. The Bertz CT molecular complexity index is 1320. The van der Waals surface area contributed by atoms with Gasteiger partial charge < -0.3 is 29.5 Å². The predicted molar refractivity (Wildman–Crippen MR) is 134 cm³/mol. The average Bonchev–Trinajstić information content (AvgIpc) is 3.12. The van der Waals surface area contributed by atoms with Crippen LogP contribution in [0.1, 0.15) is 43.2 Å². The Hall–Kier alpha value is -4.15. The molecule has 0 amide bonds. The molecule has 0 fully saturated rings. The second kappa shape index (κ2) is 11.3. The fourth-order valence-electron chi connectivity index (χ4n) is 4.78. The number of fused-ring (bicyclic) bond motifs is 2. The van der Waals surface area contributed by atoms with Gasteiger partial charge in [-0.1, -0.05) is 0 Å². The number of nitroso groups, excluding NO2 is 1. The SMILES string of the molecule is O=Nc1c(O)n(Cc2cc(F)cc3c2OCCC3)c2ccc(N(CCCC(=O)O)CCCC(=O)O)cc12. The zero-order chi connectivity index (χ0) is 26.5. The number of hydrogen-bond acceptors (Lipinski definition) is 7. The fourth-order valence-corrected chi connectivity index (χ4v) is 4.78. The van der Waals surface area contributed by atoms with Crippen LogP contribution in [0.4, 0.5) is 15.8 Å². The number of benzene rings is 2. The van der Waals surface area contributed by atoms with E-state index in [0.717, 1.165) is 12.0 Å². The fraction of sp³-hybridized carbons (Fsp3) is 0.385. The molecular formula is C26H28FN3O7. The summed E-state index contributed by atoms with van der Waals surface area (Å²) in [7, 11) is 0. The quantitative estimate of drug-likeness (QED) is 0.294. The summed E-state index contributed by atoms with van der Waals surface area (Å²) in [6, 6.07) is 7.92. The zero-order valence-corrected chi connectivity index (χ0v) is 20.2. The van der Waals surface area contributed by atoms with Crippen molar-refractivity contribution in [3.05, 3.63) is 52.2 Å². The van der Waals surface area contributed by atoms with Crippen molar-refractivity contribution in [1.29, 1.82) is 0 Å². The number of aromatic hydroxyl groups is 1. The predicted octanol–water partition coefficient (Wildman–Crippen LogP) is 4.79. The van der Waals surface area contributed by atoms with Crippen LogP contribution >= 0.6 is 0 Å². The van der Waals surface area contributed by atoms with Crippen molar-refractivity contribution in [2.24, 2.45) is 5.18 Å². The molecule has 0 saturated carbocycles. The van der Waals surface area contributed by atoms with Crippen molar-refractivity contribution in [3.63, 3.8) is 0 Å². The van der Waals surface area contributed by atoms with Crippen LogP contribution in [0.15, 0.2) is 35.5 Å². The molecular weight excluding hydrogens is 485 g/mol. The van der Waals surface area contributed by atoms with Gasteiger partial charge in [-0.2, -0.15) is 0 Å². The number of carboxylic acids is 2. The second-order valence-electron chi connectivity index (χ2n) is 9.04. The Morgan fingerprint density at radius 1 is 1.08 bits per heavy atom. The molecule has 0 bridgehead atoms. The first-order chi connectivity index (χ1) is 17.8. The van der Waals surface area contributed by atoms with Gasteiger partial charge in [-0.05, 0) is 66.8 Å². The Morgan fingerprint density at radius 3 is 2.43 bits per heavy atom. The van der Waals surface area contributed by atoms with E-state index in [-0.39, 0.29) is 31.0 Å². The van der Waals surface area contributed by atoms with Crippen LogP contribution in [-0.2, 0) is 22.6 Å². The van der Waals surface area contributed by atoms with Crippen LogP contribution in [0.25, 0.3) is 10.9 Å². The van der Waals surface area contributed by atoms with E-state index in [0.29, 0.717) is 66.9 Å². The van der Waals surface area contributed by atoms with Crippen molar-refractivity contribution < 1.29 is 34.0 Å². The van der Waals surface area contributed by atoms with Crippen molar-refractivity contribution in [3.8, 4) is 11.6 Å². The van der Waals surface area contributed by atoms with E-state index >= 15 is 0 Å². The third-order valence-corrected chi connectivity index (χ3v) is 6.46. The van der Waals surface area contributed by atoms with Crippen LogP contribution in [0, 0.1) is 10.7 Å². The Labute approximate surface area is 211 Å². The highest BCUT2D eigenvalue weighted by Gasteiger charge is 2.23. The molecule has 0 atom stereocenters. The number of aryl methyl sites for hydroxylation is 1. The first kappa shape index (κ1) is 25.9. The molecule has 11 heteroatoms. The van der Waals surface area contributed by atoms with E-state index in [1.165, 1.54) is 16.7 Å². The molecule has 1 aromatic heterocycles. The van der Waals surface area contributed by atoms with Crippen molar-refractivity contribution >= 4 is 34.2 Å². The molecule has 4 rings (SSSR count). The van der Waals surface area contributed by atoms with E-state index in [1.807, 2.05) is 4.90 Å². The smallest absolute Gasteiger partial charge is 0.303 e. The van der Waals surface area contributed by atoms with Crippen molar-refractivity contribution in [1.82, 2.24) is 4.57 Å². The molecule has 1 aliphatic rings. The van der Waals surface area contributed by atoms with Gasteiger partial charge in [0.1, 0.15) is 11.6 Å². The highest BCUT2D eigenvalue weighted by Crippen LogP contribution is 2.42. The number of hydrogen-bond donors (Lipinski definition) is 3. The van der Waals surface area contributed by atoms with E-state index in [1.54, 1.807) is 18.2 Å². The molecule has 2 heterocycles. The monoisotopic (exact) mass is 513 g/mol. The van der Waals surface area contributed by atoms with E-state index in [9.17, 15) is 24.0 Å². The van der Waals surface area contributed by atoms with Gasteiger partial charge in [0.2, 0.25) is 5.88 Å². The van der Waals surface area contributed by atoms with Gasteiger partial charge in [-0.15, -0.1) is 4.91 Å². The maximum Gasteiger partial charge on any atom is 0.303 e. The minimum absolute atomic E-state index is 0.0456. The topological polar surface area (TPSA) is 142 Å². The van der Waals surface area contributed by atoms with Crippen molar-refractivity contribution in [2.45, 2.75) is 45.1 Å². The third-order valence-electron chi connectivity index (χ3n) is 6.46. The largest absolute Gasteiger partial charge is 0.493 e. The molecule has 196 valence electrons. The van der Waals surface area contributed by atoms with Crippen LogP contribution in [0.5, 0.6) is 11.6 Å². The summed E-state index contributed by atoms with van der Waals surface area (Å²) in [6.07, 6.45) is 2.06. The maximum atomic E-state index is 14.3. The van der Waals surface area contributed by atoms with Gasteiger partial charge in [0.15, 0.2) is 5.69 Å². The van der Waals surface area contributed by atoms with Crippen LogP contribution < -0.4 is 9.64 Å². The number of aromatic nitrogens is 1. The standard InChI is InChI=1S/C26H28FN3O7/c27-18-12-16-4-3-11-37-25(16)17(13-18)15-30-21-8-7-19(14-20(21)24(28-36)26(30)35)29(9-1-5-22(31)32)10-2-6-23(33)34/h7-8,12-14,35H,1-6,9-11,15H2,(H,31,32)(H,33,34).